The fourth-order valence-electron chi connectivity index (χ4n) is 4.10. The van der Waals surface area contributed by atoms with E-state index in [1.165, 1.54) is 15.9 Å². The molecule has 0 radical (unpaired) electrons. The second kappa shape index (κ2) is 8.45. The molecule has 4 rings (SSSR count). The molecule has 8 heteroatoms. The van der Waals surface area contributed by atoms with E-state index in [9.17, 15) is 17.6 Å². The van der Waals surface area contributed by atoms with Crippen LogP contribution in [-0.2, 0) is 27.7 Å². The van der Waals surface area contributed by atoms with E-state index in [0.717, 1.165) is 30.4 Å². The van der Waals surface area contributed by atoms with Crippen LogP contribution in [0.4, 0.5) is 10.1 Å². The average molecular weight is 432 g/mol. The Labute approximate surface area is 176 Å². The SMILES string of the molecule is Cc1ccc(NC(=O)CN2CCN(S(=O)(=O)c3ccc4c(c3)CCC4)CC2)c(F)c1. The third-order valence-corrected chi connectivity index (χ3v) is 7.70. The van der Waals surface area contributed by atoms with Crippen molar-refractivity contribution < 1.29 is 17.6 Å². The largest absolute Gasteiger partial charge is 0.322 e. The Morgan fingerprint density at radius 2 is 1.77 bits per heavy atom. The number of halogens is 1. The molecule has 30 heavy (non-hydrogen) atoms. The summed E-state index contributed by atoms with van der Waals surface area (Å²) >= 11 is 0. The lowest BCUT2D eigenvalue weighted by atomic mass is 10.1. The van der Waals surface area contributed by atoms with Crippen molar-refractivity contribution in [1.29, 1.82) is 0 Å². The van der Waals surface area contributed by atoms with Gasteiger partial charge in [0, 0.05) is 26.2 Å². The molecule has 1 aliphatic heterocycles. The zero-order chi connectivity index (χ0) is 21.3. The Morgan fingerprint density at radius 1 is 1.03 bits per heavy atom. The Kier molecular flexibility index (Phi) is 5.90. The minimum absolute atomic E-state index is 0.0973. The maximum absolute atomic E-state index is 13.9. The summed E-state index contributed by atoms with van der Waals surface area (Å²) in [5.41, 5.74) is 3.32. The third kappa shape index (κ3) is 4.40. The molecule has 2 aromatic carbocycles. The van der Waals surface area contributed by atoms with Gasteiger partial charge in [-0.1, -0.05) is 12.1 Å². The van der Waals surface area contributed by atoms with Crippen molar-refractivity contribution >= 4 is 21.6 Å². The van der Waals surface area contributed by atoms with E-state index in [4.69, 9.17) is 0 Å². The number of aryl methyl sites for hydroxylation is 3. The molecule has 1 heterocycles. The number of hydrogen-bond donors (Lipinski definition) is 1. The highest BCUT2D eigenvalue weighted by Gasteiger charge is 2.30. The van der Waals surface area contributed by atoms with Crippen LogP contribution in [0.3, 0.4) is 0 Å². The predicted molar refractivity (Wildman–Crippen MR) is 113 cm³/mol. The fraction of sp³-hybridized carbons (Fsp3) is 0.409. The van der Waals surface area contributed by atoms with Gasteiger partial charge < -0.3 is 5.32 Å². The Hall–Kier alpha value is -2.29. The predicted octanol–water partition coefficient (Wildman–Crippen LogP) is 2.57. The van der Waals surface area contributed by atoms with Gasteiger partial charge in [0.25, 0.3) is 0 Å². The van der Waals surface area contributed by atoms with Crippen molar-refractivity contribution in [3.05, 3.63) is 58.9 Å². The Bertz CT molecular complexity index is 1060. The van der Waals surface area contributed by atoms with Gasteiger partial charge in [0.1, 0.15) is 5.82 Å². The lowest BCUT2D eigenvalue weighted by Crippen LogP contribution is -2.50. The van der Waals surface area contributed by atoms with Gasteiger partial charge >= 0.3 is 0 Å². The molecule has 1 N–H and O–H groups in total. The lowest BCUT2D eigenvalue weighted by Gasteiger charge is -2.33. The van der Waals surface area contributed by atoms with Gasteiger partial charge in [-0.3, -0.25) is 9.69 Å². The van der Waals surface area contributed by atoms with Crippen molar-refractivity contribution in [2.45, 2.75) is 31.1 Å². The number of fused-ring (bicyclic) bond motifs is 1. The maximum Gasteiger partial charge on any atom is 0.243 e. The highest BCUT2D eigenvalue weighted by Crippen LogP contribution is 2.26. The summed E-state index contributed by atoms with van der Waals surface area (Å²) in [5, 5.41) is 2.59. The number of nitrogens with zero attached hydrogens (tertiary/aromatic N) is 2. The number of amides is 1. The molecule has 6 nitrogen and oxygen atoms in total. The highest BCUT2D eigenvalue weighted by atomic mass is 32.2. The summed E-state index contributed by atoms with van der Waals surface area (Å²) in [4.78, 5) is 14.5. The topological polar surface area (TPSA) is 69.7 Å². The quantitative estimate of drug-likeness (QED) is 0.790. The van der Waals surface area contributed by atoms with Gasteiger partial charge in [0.2, 0.25) is 15.9 Å². The van der Waals surface area contributed by atoms with Crippen LogP contribution in [0.2, 0.25) is 0 Å². The van der Waals surface area contributed by atoms with E-state index in [-0.39, 0.29) is 18.1 Å². The molecule has 2 aromatic rings. The summed E-state index contributed by atoms with van der Waals surface area (Å²) in [6.07, 6.45) is 3.03. The third-order valence-electron chi connectivity index (χ3n) is 5.80. The van der Waals surface area contributed by atoms with Gasteiger partial charge in [0.15, 0.2) is 0 Å². The first-order valence-electron chi connectivity index (χ1n) is 10.2. The minimum Gasteiger partial charge on any atom is -0.322 e. The van der Waals surface area contributed by atoms with Gasteiger partial charge in [0.05, 0.1) is 17.1 Å². The molecule has 1 amide bonds. The first-order valence-corrected chi connectivity index (χ1v) is 11.7. The number of carbonyl (C=O) groups is 1. The molecule has 1 fully saturated rings. The van der Waals surface area contributed by atoms with Gasteiger partial charge in [-0.25, -0.2) is 12.8 Å². The van der Waals surface area contributed by atoms with Crippen molar-refractivity contribution in [3.8, 4) is 0 Å². The van der Waals surface area contributed by atoms with E-state index < -0.39 is 15.8 Å². The first-order chi connectivity index (χ1) is 14.3. The number of benzene rings is 2. The van der Waals surface area contributed by atoms with E-state index in [1.54, 1.807) is 25.1 Å². The molecule has 0 unspecified atom stereocenters. The van der Waals surface area contributed by atoms with Gasteiger partial charge in [-0.2, -0.15) is 4.31 Å². The van der Waals surface area contributed by atoms with Crippen molar-refractivity contribution in [2.75, 3.05) is 38.0 Å². The van der Waals surface area contributed by atoms with Crippen LogP contribution in [0.25, 0.3) is 0 Å². The molecule has 0 saturated carbocycles. The van der Waals surface area contributed by atoms with Crippen molar-refractivity contribution in [2.24, 2.45) is 0 Å². The number of carbonyl (C=O) groups excluding carboxylic acids is 1. The molecule has 0 spiro atoms. The van der Waals surface area contributed by atoms with E-state index in [2.05, 4.69) is 5.32 Å². The number of hydrogen-bond acceptors (Lipinski definition) is 4. The number of rotatable bonds is 5. The Morgan fingerprint density at radius 3 is 2.50 bits per heavy atom. The van der Waals surface area contributed by atoms with Crippen LogP contribution < -0.4 is 5.32 Å². The van der Waals surface area contributed by atoms with Gasteiger partial charge in [-0.15, -0.1) is 0 Å². The van der Waals surface area contributed by atoms with Crippen LogP contribution in [0.5, 0.6) is 0 Å². The number of nitrogens with one attached hydrogen (secondary N) is 1. The molecular weight excluding hydrogens is 405 g/mol. The minimum atomic E-state index is -3.54. The second-order valence-corrected chi connectivity index (χ2v) is 9.93. The van der Waals surface area contributed by atoms with Crippen LogP contribution >= 0.6 is 0 Å². The lowest BCUT2D eigenvalue weighted by molar-refractivity contribution is -0.117. The monoisotopic (exact) mass is 431 g/mol. The van der Waals surface area contributed by atoms with Crippen molar-refractivity contribution in [3.63, 3.8) is 0 Å². The molecule has 160 valence electrons. The van der Waals surface area contributed by atoms with Crippen molar-refractivity contribution in [1.82, 2.24) is 9.21 Å². The molecule has 1 aliphatic carbocycles. The zero-order valence-electron chi connectivity index (χ0n) is 17.0. The molecule has 0 aromatic heterocycles. The average Bonchev–Trinajstić information content (AvgIpc) is 3.18. The van der Waals surface area contributed by atoms with Gasteiger partial charge in [-0.05, 0) is 67.1 Å². The molecule has 0 bridgehead atoms. The Balaban J connectivity index is 1.33. The van der Waals surface area contributed by atoms with Crippen LogP contribution in [0.15, 0.2) is 41.3 Å². The van der Waals surface area contributed by atoms with E-state index in [1.807, 2.05) is 17.0 Å². The zero-order valence-corrected chi connectivity index (χ0v) is 17.8. The first kappa shape index (κ1) is 21.0. The second-order valence-electron chi connectivity index (χ2n) is 8.00. The fourth-order valence-corrected chi connectivity index (χ4v) is 5.57. The van der Waals surface area contributed by atoms with Crippen LogP contribution in [-0.4, -0.2) is 56.3 Å². The maximum atomic E-state index is 13.9. The molecular formula is C22H26FN3O3S. The molecule has 0 atom stereocenters. The normalized spacial score (nSPS) is 17.7. The van der Waals surface area contributed by atoms with E-state index in [0.29, 0.717) is 31.1 Å². The highest BCUT2D eigenvalue weighted by molar-refractivity contribution is 7.89. The summed E-state index contributed by atoms with van der Waals surface area (Å²) in [7, 11) is -3.54. The number of anilines is 1. The summed E-state index contributed by atoms with van der Waals surface area (Å²) < 4.78 is 41.4. The smallest absolute Gasteiger partial charge is 0.243 e. The molecule has 1 saturated heterocycles. The van der Waals surface area contributed by atoms with E-state index >= 15 is 0 Å². The number of piperazine rings is 1. The van der Waals surface area contributed by atoms with Crippen LogP contribution in [0.1, 0.15) is 23.1 Å². The number of sulfonamides is 1. The molecule has 2 aliphatic rings. The van der Waals surface area contributed by atoms with Crippen LogP contribution in [0, 0.1) is 12.7 Å². The summed E-state index contributed by atoms with van der Waals surface area (Å²) in [5.74, 6) is -0.777. The summed E-state index contributed by atoms with van der Waals surface area (Å²) in [6, 6.07) is 10.1. The standard InChI is InChI=1S/C22H26FN3O3S/c1-16-5-8-21(20(23)13-16)24-22(27)15-25-9-11-26(12-10-25)30(28,29)19-7-6-17-3-2-4-18(17)14-19/h5-8,13-14H,2-4,9-12,15H2,1H3,(H,24,27). The summed E-state index contributed by atoms with van der Waals surface area (Å²) in [6.45, 7) is 3.43.